The van der Waals surface area contributed by atoms with Gasteiger partial charge in [-0.2, -0.15) is 0 Å². The van der Waals surface area contributed by atoms with Crippen LogP contribution in [0.25, 0.3) is 5.57 Å². The number of halogens is 2. The highest BCUT2D eigenvalue weighted by Crippen LogP contribution is 2.30. The summed E-state index contributed by atoms with van der Waals surface area (Å²) in [6.07, 6.45) is 3.29. The van der Waals surface area contributed by atoms with E-state index in [0.717, 1.165) is 50.7 Å². The van der Waals surface area contributed by atoms with E-state index < -0.39 is 0 Å². The van der Waals surface area contributed by atoms with Gasteiger partial charge in [0.1, 0.15) is 5.84 Å². The first kappa shape index (κ1) is 22.5. The van der Waals surface area contributed by atoms with Gasteiger partial charge in [-0.15, -0.1) is 24.8 Å². The molecule has 0 unspecified atom stereocenters. The zero-order chi connectivity index (χ0) is 17.9. The lowest BCUT2D eigenvalue weighted by Crippen LogP contribution is -2.48. The number of allylic oxidation sites excluding steroid dienone is 1. The molecule has 3 nitrogen and oxygen atoms in total. The van der Waals surface area contributed by atoms with Gasteiger partial charge in [-0.25, -0.2) is 4.99 Å². The Kier molecular flexibility index (Phi) is 8.11. The van der Waals surface area contributed by atoms with Crippen LogP contribution in [-0.2, 0) is 6.42 Å². The molecule has 0 aliphatic carbocycles. The van der Waals surface area contributed by atoms with Crippen LogP contribution >= 0.6 is 24.8 Å². The zero-order valence-corrected chi connectivity index (χ0v) is 18.2. The molecular formula is C23H29Cl2N3. The number of hydrogen-bond acceptors (Lipinski definition) is 3. The quantitative estimate of drug-likeness (QED) is 0.672. The van der Waals surface area contributed by atoms with Crippen molar-refractivity contribution in [1.29, 1.82) is 0 Å². The van der Waals surface area contributed by atoms with Crippen molar-refractivity contribution in [2.75, 3.05) is 32.7 Å². The Morgan fingerprint density at radius 2 is 1.57 bits per heavy atom. The van der Waals surface area contributed by atoms with Gasteiger partial charge >= 0.3 is 0 Å². The second-order valence-corrected chi connectivity index (χ2v) is 7.17. The molecule has 4 rings (SSSR count). The third-order valence-electron chi connectivity index (χ3n) is 5.47. The van der Waals surface area contributed by atoms with Crippen molar-refractivity contribution >= 4 is 41.9 Å². The standard InChI is InChI=1S/C23H27N3.2ClH/c1-3-25-14-16-26(17-15-25)23-21(19-10-8-18(2)9-11-19)13-12-20-6-4-5-7-22(20)24-23;;/h4-11,13H,3,12,14-17H2,1-2H3;2*1H. The minimum atomic E-state index is 0. The number of aliphatic imine (C=N–C) groups is 1. The average Bonchev–Trinajstić information content (AvgIpc) is 2.88. The Balaban J connectivity index is 0.00000140. The van der Waals surface area contributed by atoms with Gasteiger partial charge in [0.15, 0.2) is 0 Å². The van der Waals surface area contributed by atoms with E-state index in [-0.39, 0.29) is 24.8 Å². The number of benzene rings is 2. The average molecular weight is 418 g/mol. The summed E-state index contributed by atoms with van der Waals surface area (Å²) in [6, 6.07) is 17.4. The molecule has 0 saturated carbocycles. The molecule has 0 amide bonds. The molecule has 0 spiro atoms. The number of aryl methyl sites for hydroxylation is 1. The van der Waals surface area contributed by atoms with E-state index in [2.05, 4.69) is 78.3 Å². The highest BCUT2D eigenvalue weighted by atomic mass is 35.5. The largest absolute Gasteiger partial charge is 0.354 e. The highest BCUT2D eigenvalue weighted by Gasteiger charge is 2.24. The van der Waals surface area contributed by atoms with Crippen molar-refractivity contribution in [1.82, 2.24) is 9.80 Å². The number of hydrogen-bond donors (Lipinski definition) is 0. The minimum Gasteiger partial charge on any atom is -0.354 e. The van der Waals surface area contributed by atoms with E-state index in [1.54, 1.807) is 0 Å². The van der Waals surface area contributed by atoms with Crippen LogP contribution in [0.3, 0.4) is 0 Å². The van der Waals surface area contributed by atoms with E-state index in [0.29, 0.717) is 0 Å². The fraction of sp³-hybridized carbons (Fsp3) is 0.348. The number of likely N-dealkylation sites (N-methyl/N-ethyl adjacent to an activating group) is 1. The van der Waals surface area contributed by atoms with Crippen LogP contribution in [0.2, 0.25) is 0 Å². The molecule has 1 saturated heterocycles. The van der Waals surface area contributed by atoms with Gasteiger partial charge in [-0.05, 0) is 37.1 Å². The molecular weight excluding hydrogens is 389 g/mol. The molecule has 0 radical (unpaired) electrons. The molecule has 0 bridgehead atoms. The number of para-hydroxylation sites is 1. The Bertz CT molecular complexity index is 835. The highest BCUT2D eigenvalue weighted by molar-refractivity contribution is 6.23. The summed E-state index contributed by atoms with van der Waals surface area (Å²) in [5.74, 6) is 1.13. The van der Waals surface area contributed by atoms with Gasteiger partial charge in [0.25, 0.3) is 0 Å². The van der Waals surface area contributed by atoms with Crippen molar-refractivity contribution in [3.05, 3.63) is 71.3 Å². The number of piperazine rings is 1. The summed E-state index contributed by atoms with van der Waals surface area (Å²) in [4.78, 5) is 10.1. The van der Waals surface area contributed by atoms with Gasteiger partial charge < -0.3 is 9.80 Å². The molecule has 2 aliphatic rings. The smallest absolute Gasteiger partial charge is 0.136 e. The summed E-state index contributed by atoms with van der Waals surface area (Å²) < 4.78 is 0. The summed E-state index contributed by atoms with van der Waals surface area (Å²) in [6.45, 7) is 9.81. The maximum Gasteiger partial charge on any atom is 0.136 e. The summed E-state index contributed by atoms with van der Waals surface area (Å²) in [5.41, 5.74) is 6.24. The Morgan fingerprint density at radius 3 is 2.25 bits per heavy atom. The first-order valence-corrected chi connectivity index (χ1v) is 9.66. The fourth-order valence-electron chi connectivity index (χ4n) is 3.77. The number of rotatable bonds is 2. The second kappa shape index (κ2) is 10.1. The van der Waals surface area contributed by atoms with Gasteiger partial charge in [-0.3, -0.25) is 0 Å². The third-order valence-corrected chi connectivity index (χ3v) is 5.47. The lowest BCUT2D eigenvalue weighted by atomic mass is 10.0. The molecule has 1 fully saturated rings. The van der Waals surface area contributed by atoms with Gasteiger partial charge in [-0.1, -0.05) is 61.0 Å². The molecule has 2 aliphatic heterocycles. The first-order valence-electron chi connectivity index (χ1n) is 9.66. The normalized spacial score (nSPS) is 16.7. The van der Waals surface area contributed by atoms with Crippen LogP contribution < -0.4 is 0 Å². The van der Waals surface area contributed by atoms with E-state index in [9.17, 15) is 0 Å². The SMILES string of the molecule is CCN1CCN(C2=Nc3ccccc3CC=C2c2ccc(C)cc2)CC1.Cl.Cl. The van der Waals surface area contributed by atoms with Gasteiger partial charge in [0.05, 0.1) is 5.69 Å². The molecule has 28 heavy (non-hydrogen) atoms. The Hall–Kier alpha value is -1.81. The molecule has 0 atom stereocenters. The Morgan fingerprint density at radius 1 is 0.893 bits per heavy atom. The molecule has 150 valence electrons. The molecule has 2 aromatic carbocycles. The van der Waals surface area contributed by atoms with Crippen LogP contribution in [0, 0.1) is 6.92 Å². The minimum absolute atomic E-state index is 0. The van der Waals surface area contributed by atoms with Crippen molar-refractivity contribution < 1.29 is 0 Å². The van der Waals surface area contributed by atoms with Crippen LogP contribution in [0.5, 0.6) is 0 Å². The van der Waals surface area contributed by atoms with Gasteiger partial charge in [0.2, 0.25) is 0 Å². The molecule has 2 heterocycles. The van der Waals surface area contributed by atoms with E-state index >= 15 is 0 Å². The van der Waals surface area contributed by atoms with Crippen molar-refractivity contribution in [2.24, 2.45) is 4.99 Å². The fourth-order valence-corrected chi connectivity index (χ4v) is 3.77. The summed E-state index contributed by atoms with van der Waals surface area (Å²) >= 11 is 0. The molecule has 0 aromatic heterocycles. The van der Waals surface area contributed by atoms with E-state index in [1.807, 2.05) is 0 Å². The molecule has 2 aromatic rings. The van der Waals surface area contributed by atoms with Crippen LogP contribution in [0.15, 0.2) is 59.6 Å². The lowest BCUT2D eigenvalue weighted by molar-refractivity contribution is 0.191. The zero-order valence-electron chi connectivity index (χ0n) is 16.6. The summed E-state index contributed by atoms with van der Waals surface area (Å²) in [7, 11) is 0. The predicted molar refractivity (Wildman–Crippen MR) is 125 cm³/mol. The van der Waals surface area contributed by atoms with Gasteiger partial charge in [0, 0.05) is 31.8 Å². The maximum atomic E-state index is 5.15. The van der Waals surface area contributed by atoms with Crippen molar-refractivity contribution in [3.8, 4) is 0 Å². The van der Waals surface area contributed by atoms with Crippen LogP contribution in [0.1, 0.15) is 23.6 Å². The van der Waals surface area contributed by atoms with Crippen molar-refractivity contribution in [2.45, 2.75) is 20.3 Å². The number of nitrogens with zero attached hydrogens (tertiary/aromatic N) is 3. The van der Waals surface area contributed by atoms with E-state index in [4.69, 9.17) is 4.99 Å². The predicted octanol–water partition coefficient (Wildman–Crippen LogP) is 5.15. The topological polar surface area (TPSA) is 18.8 Å². The second-order valence-electron chi connectivity index (χ2n) is 7.17. The molecule has 0 N–H and O–H groups in total. The van der Waals surface area contributed by atoms with Crippen LogP contribution in [0.4, 0.5) is 5.69 Å². The summed E-state index contributed by atoms with van der Waals surface area (Å²) in [5, 5.41) is 0. The number of amidine groups is 1. The van der Waals surface area contributed by atoms with Crippen molar-refractivity contribution in [3.63, 3.8) is 0 Å². The molecule has 5 heteroatoms. The monoisotopic (exact) mass is 417 g/mol. The third kappa shape index (κ3) is 4.78. The van der Waals surface area contributed by atoms with Crippen LogP contribution in [-0.4, -0.2) is 48.4 Å². The maximum absolute atomic E-state index is 5.15. The Labute approximate surface area is 181 Å². The van der Waals surface area contributed by atoms with E-state index in [1.165, 1.54) is 22.3 Å². The number of fused-ring (bicyclic) bond motifs is 1. The first-order chi connectivity index (χ1) is 12.7. The lowest BCUT2D eigenvalue weighted by Gasteiger charge is -2.36.